The van der Waals surface area contributed by atoms with Gasteiger partial charge in [0, 0.05) is 36.7 Å². The van der Waals surface area contributed by atoms with E-state index in [9.17, 15) is 26.7 Å². The first-order chi connectivity index (χ1) is 15.6. The molecular formula is C22H22F5N3O2S. The zero-order chi connectivity index (χ0) is 24.0. The van der Waals surface area contributed by atoms with E-state index in [1.54, 1.807) is 12.3 Å². The molecule has 1 aliphatic heterocycles. The summed E-state index contributed by atoms with van der Waals surface area (Å²) in [5.41, 5.74) is -2.17. The van der Waals surface area contributed by atoms with Crippen LogP contribution >= 0.6 is 11.8 Å². The van der Waals surface area contributed by atoms with Gasteiger partial charge in [-0.05, 0) is 49.3 Å². The topological polar surface area (TPSA) is 54.5 Å². The first-order valence-electron chi connectivity index (χ1n) is 10.3. The van der Waals surface area contributed by atoms with Crippen LogP contribution in [0.1, 0.15) is 30.7 Å². The van der Waals surface area contributed by atoms with Gasteiger partial charge in [-0.3, -0.25) is 4.79 Å². The number of benzene rings is 1. The van der Waals surface area contributed by atoms with Crippen molar-refractivity contribution in [1.82, 2.24) is 4.98 Å². The van der Waals surface area contributed by atoms with Gasteiger partial charge in [-0.25, -0.2) is 13.8 Å². The highest BCUT2D eigenvalue weighted by atomic mass is 32.2. The van der Waals surface area contributed by atoms with E-state index in [2.05, 4.69) is 10.3 Å². The third kappa shape index (κ3) is 4.40. The summed E-state index contributed by atoms with van der Waals surface area (Å²) in [6.45, 7) is -0.720. The Kier molecular flexibility index (Phi) is 6.30. The number of hydrogen-bond donors (Lipinski definition) is 1. The lowest BCUT2D eigenvalue weighted by Crippen LogP contribution is -2.49. The predicted molar refractivity (Wildman–Crippen MR) is 115 cm³/mol. The molecule has 2 atom stereocenters. The summed E-state index contributed by atoms with van der Waals surface area (Å²) in [6.07, 6.45) is -1.00. The lowest BCUT2D eigenvalue weighted by Gasteiger charge is -2.31. The largest absolute Gasteiger partial charge is 0.419 e. The molecule has 5 nitrogen and oxygen atoms in total. The van der Waals surface area contributed by atoms with Crippen LogP contribution in [0.2, 0.25) is 0 Å². The number of methoxy groups -OCH3 is 1. The van der Waals surface area contributed by atoms with Crippen molar-refractivity contribution in [3.63, 3.8) is 0 Å². The van der Waals surface area contributed by atoms with E-state index in [4.69, 9.17) is 4.74 Å². The van der Waals surface area contributed by atoms with Crippen molar-refractivity contribution in [2.75, 3.05) is 30.1 Å². The van der Waals surface area contributed by atoms with Gasteiger partial charge in [-0.1, -0.05) is 0 Å². The minimum atomic E-state index is -4.78. The fourth-order valence-electron chi connectivity index (χ4n) is 4.22. The molecule has 1 N–H and O–H groups in total. The molecule has 0 radical (unpaired) electrons. The standard InChI is InChI=1S/C22H22F5N3O2S/c1-32-21(22(25,26)27)10-16(20(31)29-13-7-8-28-17(9-13)33-2)30(11-21)15-6-5-14(23)19(24)18(15)12-3-4-12/h5-9,12,16H,3-4,10-11H2,1-2H3,(H,28,29,31). The first kappa shape index (κ1) is 23.7. The fraction of sp³-hybridized carbons (Fsp3) is 0.455. The Labute approximate surface area is 191 Å². The maximum absolute atomic E-state index is 14.7. The molecule has 1 aromatic heterocycles. The number of ether oxygens (including phenoxy) is 1. The SMILES string of the molecule is COC1(C(F)(F)F)CC(C(=O)Nc2ccnc(SC)c2)N(c2ccc(F)c(F)c2C2CC2)C1. The lowest BCUT2D eigenvalue weighted by atomic mass is 9.99. The Bertz CT molecular complexity index is 1060. The van der Waals surface area contributed by atoms with E-state index in [-0.39, 0.29) is 17.2 Å². The van der Waals surface area contributed by atoms with Crippen LogP contribution in [0.3, 0.4) is 0 Å². The summed E-state index contributed by atoms with van der Waals surface area (Å²) in [7, 11) is 0.937. The molecule has 1 amide bonds. The van der Waals surface area contributed by atoms with Crippen molar-refractivity contribution in [2.24, 2.45) is 0 Å². The van der Waals surface area contributed by atoms with Crippen LogP contribution in [-0.2, 0) is 9.53 Å². The average Bonchev–Trinajstić information content (AvgIpc) is 3.53. The van der Waals surface area contributed by atoms with Gasteiger partial charge < -0.3 is 15.0 Å². The quantitative estimate of drug-likeness (QED) is 0.453. The molecule has 11 heteroatoms. The molecule has 1 saturated heterocycles. The summed E-state index contributed by atoms with van der Waals surface area (Å²) in [6, 6.07) is 3.92. The zero-order valence-corrected chi connectivity index (χ0v) is 18.7. The van der Waals surface area contributed by atoms with Crippen LogP contribution in [-0.4, -0.2) is 48.6 Å². The number of thioether (sulfide) groups is 1. The molecule has 1 saturated carbocycles. The molecular weight excluding hydrogens is 465 g/mol. The number of nitrogens with zero attached hydrogens (tertiary/aromatic N) is 2. The molecule has 2 unspecified atom stereocenters. The molecule has 0 bridgehead atoms. The van der Waals surface area contributed by atoms with Gasteiger partial charge in [0.15, 0.2) is 17.2 Å². The molecule has 33 heavy (non-hydrogen) atoms. The number of carbonyl (C=O) groups is 1. The van der Waals surface area contributed by atoms with Crippen LogP contribution in [0.25, 0.3) is 0 Å². The van der Waals surface area contributed by atoms with Gasteiger partial charge in [0.1, 0.15) is 6.04 Å². The highest BCUT2D eigenvalue weighted by Gasteiger charge is 2.63. The van der Waals surface area contributed by atoms with Crippen molar-refractivity contribution in [2.45, 2.75) is 48.0 Å². The number of rotatable bonds is 6. The second-order valence-electron chi connectivity index (χ2n) is 8.19. The summed E-state index contributed by atoms with van der Waals surface area (Å²) in [5, 5.41) is 3.26. The Morgan fingerprint density at radius 3 is 2.61 bits per heavy atom. The van der Waals surface area contributed by atoms with Crippen LogP contribution < -0.4 is 10.2 Å². The van der Waals surface area contributed by atoms with E-state index in [1.807, 2.05) is 0 Å². The van der Waals surface area contributed by atoms with E-state index < -0.39 is 48.3 Å². The van der Waals surface area contributed by atoms with E-state index in [0.29, 0.717) is 23.6 Å². The Hall–Kier alpha value is -2.40. The van der Waals surface area contributed by atoms with Crippen molar-refractivity contribution >= 4 is 29.0 Å². The van der Waals surface area contributed by atoms with E-state index in [1.165, 1.54) is 35.0 Å². The van der Waals surface area contributed by atoms with Crippen LogP contribution in [0.5, 0.6) is 0 Å². The third-order valence-electron chi connectivity index (χ3n) is 6.15. The number of hydrogen-bond acceptors (Lipinski definition) is 5. The maximum atomic E-state index is 14.7. The number of amides is 1. The minimum absolute atomic E-state index is 0.00968. The smallest absolute Gasteiger partial charge is 0.367 e. The van der Waals surface area contributed by atoms with Crippen LogP contribution in [0.15, 0.2) is 35.5 Å². The molecule has 4 rings (SSSR count). The first-order valence-corrected chi connectivity index (χ1v) is 11.5. The number of anilines is 2. The predicted octanol–water partition coefficient (Wildman–Crippen LogP) is 5.12. The van der Waals surface area contributed by atoms with Crippen molar-refractivity contribution < 1.29 is 31.5 Å². The molecule has 2 heterocycles. The van der Waals surface area contributed by atoms with Gasteiger partial charge in [-0.2, -0.15) is 13.2 Å². The van der Waals surface area contributed by atoms with Gasteiger partial charge in [-0.15, -0.1) is 11.8 Å². The number of halogens is 5. The highest BCUT2D eigenvalue weighted by molar-refractivity contribution is 7.98. The van der Waals surface area contributed by atoms with Gasteiger partial charge in [0.05, 0.1) is 11.6 Å². The Morgan fingerprint density at radius 1 is 1.27 bits per heavy atom. The molecule has 2 fully saturated rings. The highest BCUT2D eigenvalue weighted by Crippen LogP contribution is 2.50. The summed E-state index contributed by atoms with van der Waals surface area (Å²) in [5.74, 6) is -3.17. The van der Waals surface area contributed by atoms with Crippen LogP contribution in [0, 0.1) is 11.6 Å². The van der Waals surface area contributed by atoms with Gasteiger partial charge >= 0.3 is 6.18 Å². The van der Waals surface area contributed by atoms with Crippen LogP contribution in [0.4, 0.5) is 33.3 Å². The van der Waals surface area contributed by atoms with Crippen molar-refractivity contribution in [1.29, 1.82) is 0 Å². The van der Waals surface area contributed by atoms with E-state index in [0.717, 1.165) is 13.2 Å². The van der Waals surface area contributed by atoms with Crippen molar-refractivity contribution in [3.05, 3.63) is 47.7 Å². The van der Waals surface area contributed by atoms with Gasteiger partial charge in [0.25, 0.3) is 0 Å². The second kappa shape index (κ2) is 8.75. The molecule has 2 aliphatic rings. The minimum Gasteiger partial charge on any atom is -0.367 e. The third-order valence-corrected chi connectivity index (χ3v) is 6.79. The summed E-state index contributed by atoms with van der Waals surface area (Å²) in [4.78, 5) is 18.5. The average molecular weight is 487 g/mol. The fourth-order valence-corrected chi connectivity index (χ4v) is 4.63. The van der Waals surface area contributed by atoms with Crippen molar-refractivity contribution in [3.8, 4) is 0 Å². The Balaban J connectivity index is 1.75. The molecule has 0 spiro atoms. The number of nitrogens with one attached hydrogen (secondary N) is 1. The summed E-state index contributed by atoms with van der Waals surface area (Å²) < 4.78 is 75.8. The molecule has 178 valence electrons. The number of alkyl halides is 3. The number of pyridine rings is 1. The van der Waals surface area contributed by atoms with E-state index >= 15 is 0 Å². The number of aromatic nitrogens is 1. The Morgan fingerprint density at radius 2 is 2.00 bits per heavy atom. The normalized spacial score (nSPS) is 23.1. The molecule has 1 aromatic carbocycles. The second-order valence-corrected chi connectivity index (χ2v) is 9.02. The lowest BCUT2D eigenvalue weighted by molar-refractivity contribution is -0.261. The molecule has 2 aromatic rings. The summed E-state index contributed by atoms with van der Waals surface area (Å²) >= 11 is 1.34. The molecule has 1 aliphatic carbocycles. The monoisotopic (exact) mass is 487 g/mol. The number of carbonyl (C=O) groups excluding carboxylic acids is 1. The van der Waals surface area contributed by atoms with Gasteiger partial charge in [0.2, 0.25) is 5.91 Å². The zero-order valence-electron chi connectivity index (χ0n) is 17.9. The maximum Gasteiger partial charge on any atom is 0.419 e.